The maximum Gasteiger partial charge on any atom is 0.252 e. The lowest BCUT2D eigenvalue weighted by molar-refractivity contribution is 0.0499. The van der Waals surface area contributed by atoms with Gasteiger partial charge >= 0.3 is 0 Å². The van der Waals surface area contributed by atoms with Gasteiger partial charge in [0.2, 0.25) is 0 Å². The molecule has 1 aliphatic heterocycles. The number of amides is 1. The second kappa shape index (κ2) is 8.15. The Labute approximate surface area is 202 Å². The van der Waals surface area contributed by atoms with Gasteiger partial charge in [-0.25, -0.2) is 9.37 Å². The number of nitrogens with one attached hydrogen (secondary N) is 1. The van der Waals surface area contributed by atoms with E-state index < -0.39 is 5.54 Å². The molecule has 2 fully saturated rings. The number of hydrogen-bond acceptors (Lipinski definition) is 5. The molecular formula is C25H25ClFN3O2S. The number of fused-ring (bicyclic) bond motifs is 1. The number of carbonyl (C=O) groups excluding carboxylic acids is 1. The van der Waals surface area contributed by atoms with Crippen molar-refractivity contribution in [1.29, 1.82) is 0 Å². The Morgan fingerprint density at radius 1 is 1.24 bits per heavy atom. The normalized spacial score (nSPS) is 21.5. The number of aromatic nitrogens is 1. The van der Waals surface area contributed by atoms with Crippen LogP contribution in [-0.2, 0) is 5.54 Å². The molecule has 172 valence electrons. The third kappa shape index (κ3) is 4.18. The fraction of sp³-hybridized carbons (Fsp3) is 0.360. The van der Waals surface area contributed by atoms with E-state index in [2.05, 4.69) is 15.2 Å². The molecular weight excluding hydrogens is 461 g/mol. The molecule has 0 bridgehead atoms. The largest absolute Gasteiger partial charge is 0.491 e. The van der Waals surface area contributed by atoms with E-state index in [-0.39, 0.29) is 21.7 Å². The molecule has 1 aliphatic carbocycles. The number of benzene rings is 2. The van der Waals surface area contributed by atoms with Crippen LogP contribution in [-0.4, -0.2) is 40.9 Å². The van der Waals surface area contributed by atoms with Crippen LogP contribution < -0.4 is 10.1 Å². The number of likely N-dealkylation sites (N-methyl/N-ethyl adjacent to an activating group) is 1. The average Bonchev–Trinajstić information content (AvgIpc) is 3.56. The topological polar surface area (TPSA) is 54.5 Å². The second-order valence-corrected chi connectivity index (χ2v) is 10.3. The number of halogens is 2. The Morgan fingerprint density at radius 3 is 2.70 bits per heavy atom. The molecule has 1 amide bonds. The number of rotatable bonds is 6. The van der Waals surface area contributed by atoms with Crippen LogP contribution in [0.4, 0.5) is 4.39 Å². The summed E-state index contributed by atoms with van der Waals surface area (Å²) < 4.78 is 19.7. The zero-order chi connectivity index (χ0) is 23.4. The van der Waals surface area contributed by atoms with Gasteiger partial charge in [0.1, 0.15) is 23.3 Å². The van der Waals surface area contributed by atoms with Crippen molar-refractivity contribution in [3.05, 3.63) is 70.1 Å². The van der Waals surface area contributed by atoms with Crippen LogP contribution in [0.2, 0.25) is 5.15 Å². The molecule has 5 rings (SSSR count). The quantitative estimate of drug-likeness (QED) is 0.377. The monoisotopic (exact) mass is 485 g/mol. The fourth-order valence-electron chi connectivity index (χ4n) is 4.35. The number of ether oxygens (including phenoxy) is 1. The first-order valence-electron chi connectivity index (χ1n) is 11.0. The average molecular weight is 486 g/mol. The van der Waals surface area contributed by atoms with Crippen LogP contribution >= 0.6 is 24.2 Å². The summed E-state index contributed by atoms with van der Waals surface area (Å²) in [5.41, 5.74) is 2.21. The van der Waals surface area contributed by atoms with Crippen molar-refractivity contribution in [1.82, 2.24) is 15.2 Å². The molecule has 1 N–H and O–H groups in total. The molecule has 1 atom stereocenters. The first-order chi connectivity index (χ1) is 15.7. The molecule has 0 unspecified atom stereocenters. The van der Waals surface area contributed by atoms with Crippen LogP contribution in [0.1, 0.15) is 40.7 Å². The molecule has 8 heteroatoms. The molecule has 1 saturated heterocycles. The maximum atomic E-state index is 13.7. The highest BCUT2D eigenvalue weighted by Crippen LogP contribution is 2.48. The van der Waals surface area contributed by atoms with E-state index in [1.54, 1.807) is 18.2 Å². The van der Waals surface area contributed by atoms with Gasteiger partial charge in [-0.1, -0.05) is 17.7 Å². The summed E-state index contributed by atoms with van der Waals surface area (Å²) in [7, 11) is 2.02. The number of likely N-dealkylation sites (tertiary alicyclic amines) is 1. The fourth-order valence-corrected chi connectivity index (χ4v) is 4.81. The maximum absolute atomic E-state index is 13.7. The molecule has 33 heavy (non-hydrogen) atoms. The van der Waals surface area contributed by atoms with Crippen molar-refractivity contribution < 1.29 is 13.9 Å². The zero-order valence-electron chi connectivity index (χ0n) is 18.5. The lowest BCUT2D eigenvalue weighted by atomic mass is 9.99. The minimum Gasteiger partial charge on any atom is -0.491 e. The Kier molecular flexibility index (Phi) is 5.54. The number of nitrogens with zero attached hydrogens (tertiary/aromatic N) is 2. The highest BCUT2D eigenvalue weighted by molar-refractivity contribution is 7.81. The molecule has 0 radical (unpaired) electrons. The van der Waals surface area contributed by atoms with E-state index in [1.165, 1.54) is 12.1 Å². The van der Waals surface area contributed by atoms with Gasteiger partial charge in [-0.15, -0.1) is 0 Å². The smallest absolute Gasteiger partial charge is 0.252 e. The van der Waals surface area contributed by atoms with Gasteiger partial charge in [-0.3, -0.25) is 9.69 Å². The highest BCUT2D eigenvalue weighted by Gasteiger charge is 2.47. The van der Waals surface area contributed by atoms with Crippen molar-refractivity contribution in [2.24, 2.45) is 0 Å². The minimum absolute atomic E-state index is 0.181. The third-order valence-electron chi connectivity index (χ3n) is 6.84. The molecule has 2 aliphatic rings. The van der Waals surface area contributed by atoms with Crippen molar-refractivity contribution in [2.45, 2.75) is 36.6 Å². The van der Waals surface area contributed by atoms with Gasteiger partial charge in [0.15, 0.2) is 0 Å². The summed E-state index contributed by atoms with van der Waals surface area (Å²) in [4.78, 5) is 19.5. The van der Waals surface area contributed by atoms with Gasteiger partial charge < -0.3 is 10.1 Å². The SMILES string of the molecule is Cc1ccc(OC[C@@]2(S)CCN2C)cc1C(=O)NC1(c2cc(Cl)nc3cc(F)ccc23)CC1. The summed E-state index contributed by atoms with van der Waals surface area (Å²) in [6, 6.07) is 11.8. The van der Waals surface area contributed by atoms with E-state index in [0.29, 0.717) is 23.4 Å². The molecule has 2 heterocycles. The first kappa shape index (κ1) is 22.4. The second-order valence-electron chi connectivity index (χ2n) is 9.11. The molecule has 3 aromatic rings. The van der Waals surface area contributed by atoms with Crippen molar-refractivity contribution >= 4 is 41.0 Å². The van der Waals surface area contributed by atoms with Crippen LogP contribution in [0.25, 0.3) is 10.9 Å². The van der Waals surface area contributed by atoms with Gasteiger partial charge in [-0.2, -0.15) is 12.6 Å². The van der Waals surface area contributed by atoms with E-state index in [4.69, 9.17) is 29.0 Å². The first-order valence-corrected chi connectivity index (χ1v) is 11.8. The number of aryl methyl sites for hydroxylation is 1. The summed E-state index contributed by atoms with van der Waals surface area (Å²) in [6.45, 7) is 3.34. The highest BCUT2D eigenvalue weighted by atomic mass is 35.5. The summed E-state index contributed by atoms with van der Waals surface area (Å²) in [6.07, 6.45) is 2.51. The van der Waals surface area contributed by atoms with Gasteiger partial charge in [0.05, 0.1) is 15.9 Å². The number of carbonyl (C=O) groups is 1. The summed E-state index contributed by atoms with van der Waals surface area (Å²) >= 11 is 11.0. The predicted molar refractivity (Wildman–Crippen MR) is 131 cm³/mol. The van der Waals surface area contributed by atoms with Crippen LogP contribution in [0, 0.1) is 12.7 Å². The molecule has 0 spiro atoms. The molecule has 1 aromatic heterocycles. The Morgan fingerprint density at radius 2 is 2.03 bits per heavy atom. The van der Waals surface area contributed by atoms with Gasteiger partial charge in [0.25, 0.3) is 5.91 Å². The van der Waals surface area contributed by atoms with Crippen LogP contribution in [0.3, 0.4) is 0 Å². The van der Waals surface area contributed by atoms with Crippen molar-refractivity contribution in [3.63, 3.8) is 0 Å². The zero-order valence-corrected chi connectivity index (χ0v) is 20.1. The lowest BCUT2D eigenvalue weighted by Gasteiger charge is -2.46. The Bertz CT molecular complexity index is 1260. The van der Waals surface area contributed by atoms with Gasteiger partial charge in [-0.05, 0) is 74.7 Å². The van der Waals surface area contributed by atoms with Gasteiger partial charge in [0, 0.05) is 23.6 Å². The lowest BCUT2D eigenvalue weighted by Crippen LogP contribution is -2.57. The van der Waals surface area contributed by atoms with Crippen molar-refractivity contribution in [3.8, 4) is 5.75 Å². The minimum atomic E-state index is -0.549. The summed E-state index contributed by atoms with van der Waals surface area (Å²) in [5.74, 6) is 0.0813. The number of pyridine rings is 1. The molecule has 5 nitrogen and oxygen atoms in total. The molecule has 1 saturated carbocycles. The third-order valence-corrected chi connectivity index (χ3v) is 7.73. The predicted octanol–water partition coefficient (Wildman–Crippen LogP) is 5.10. The van der Waals surface area contributed by atoms with Crippen LogP contribution in [0.5, 0.6) is 5.75 Å². The Hall–Kier alpha value is -2.35. The van der Waals surface area contributed by atoms with E-state index in [0.717, 1.165) is 42.3 Å². The number of hydrogen-bond donors (Lipinski definition) is 2. The number of thiol groups is 1. The van der Waals surface area contributed by atoms with E-state index in [1.807, 2.05) is 26.1 Å². The van der Waals surface area contributed by atoms with Crippen molar-refractivity contribution in [2.75, 3.05) is 20.2 Å². The standard InChI is InChI=1S/C25H25ClFN3O2S/c1-15-3-5-17(32-14-25(33)9-10-30(25)2)12-19(15)23(31)29-24(7-8-24)20-13-22(26)28-21-11-16(27)4-6-18(20)21/h3-6,11-13,33H,7-10,14H2,1-2H3,(H,29,31)/t25-/m0/s1. The summed E-state index contributed by atoms with van der Waals surface area (Å²) in [5, 5.41) is 4.27. The van der Waals surface area contributed by atoms with E-state index >= 15 is 0 Å². The van der Waals surface area contributed by atoms with E-state index in [9.17, 15) is 9.18 Å². The molecule has 2 aromatic carbocycles. The Balaban J connectivity index is 1.39. The van der Waals surface area contributed by atoms with Crippen LogP contribution in [0.15, 0.2) is 42.5 Å².